The van der Waals surface area contributed by atoms with Crippen molar-refractivity contribution in [1.82, 2.24) is 4.90 Å². The fourth-order valence-electron chi connectivity index (χ4n) is 3.45. The molecular weight excluding hydrogens is 242 g/mol. The molecule has 19 heavy (non-hydrogen) atoms. The zero-order valence-electron chi connectivity index (χ0n) is 11.0. The number of aryl methyl sites for hydroxylation is 1. The van der Waals surface area contributed by atoms with E-state index in [2.05, 4.69) is 0 Å². The molecule has 1 amide bonds. The molecule has 2 saturated heterocycles. The van der Waals surface area contributed by atoms with Gasteiger partial charge in [-0.25, -0.2) is 0 Å². The highest BCUT2D eigenvalue weighted by Gasteiger charge is 2.43. The van der Waals surface area contributed by atoms with Gasteiger partial charge in [0, 0.05) is 12.1 Å². The number of aromatic hydroxyl groups is 1. The quantitative estimate of drug-likeness (QED) is 0.810. The third kappa shape index (κ3) is 2.00. The zero-order chi connectivity index (χ0) is 13.6. The molecule has 0 saturated carbocycles. The van der Waals surface area contributed by atoms with Gasteiger partial charge in [-0.2, -0.15) is 0 Å². The Morgan fingerprint density at radius 3 is 2.53 bits per heavy atom. The molecular formula is C15H19NO3. The van der Waals surface area contributed by atoms with Crippen LogP contribution in [0, 0.1) is 6.92 Å². The maximum absolute atomic E-state index is 12.6. The summed E-state index contributed by atoms with van der Waals surface area (Å²) in [6.07, 6.45) is 2.96. The summed E-state index contributed by atoms with van der Waals surface area (Å²) in [6, 6.07) is 5.51. The van der Waals surface area contributed by atoms with Crippen LogP contribution < -0.4 is 0 Å². The predicted octanol–water partition coefficient (Wildman–Crippen LogP) is 1.83. The lowest BCUT2D eigenvalue weighted by atomic mass is 9.98. The lowest BCUT2D eigenvalue weighted by Crippen LogP contribution is -2.48. The summed E-state index contributed by atoms with van der Waals surface area (Å²) in [5.74, 6) is -0.0152. The van der Waals surface area contributed by atoms with E-state index >= 15 is 0 Å². The average molecular weight is 261 g/mol. The van der Waals surface area contributed by atoms with Crippen molar-refractivity contribution in [3.05, 3.63) is 29.3 Å². The van der Waals surface area contributed by atoms with Crippen molar-refractivity contribution >= 4 is 5.91 Å². The van der Waals surface area contributed by atoms with Crippen LogP contribution in [0.15, 0.2) is 18.2 Å². The SMILES string of the molecule is Cc1cccc(C(=O)N2C3CCC2CC(O)C3)c1O. The minimum atomic E-state index is -0.285. The van der Waals surface area contributed by atoms with Gasteiger partial charge in [0.2, 0.25) is 0 Å². The van der Waals surface area contributed by atoms with E-state index in [0.29, 0.717) is 18.4 Å². The lowest BCUT2D eigenvalue weighted by Gasteiger charge is -2.37. The molecule has 2 aliphatic rings. The molecule has 2 heterocycles. The van der Waals surface area contributed by atoms with Gasteiger partial charge in [-0.3, -0.25) is 4.79 Å². The van der Waals surface area contributed by atoms with Crippen molar-refractivity contribution in [3.8, 4) is 5.75 Å². The van der Waals surface area contributed by atoms with Crippen LogP contribution in [-0.2, 0) is 0 Å². The second kappa shape index (κ2) is 4.53. The molecule has 1 aromatic rings. The van der Waals surface area contributed by atoms with Crippen LogP contribution in [0.4, 0.5) is 0 Å². The molecule has 4 heteroatoms. The molecule has 2 aliphatic heterocycles. The van der Waals surface area contributed by atoms with E-state index in [1.165, 1.54) is 0 Å². The molecule has 0 aromatic heterocycles. The van der Waals surface area contributed by atoms with Crippen LogP contribution >= 0.6 is 0 Å². The van der Waals surface area contributed by atoms with E-state index in [4.69, 9.17) is 0 Å². The van der Waals surface area contributed by atoms with Gasteiger partial charge in [0.05, 0.1) is 11.7 Å². The third-order valence-corrected chi connectivity index (χ3v) is 4.41. The van der Waals surface area contributed by atoms with Crippen LogP contribution in [0.3, 0.4) is 0 Å². The molecule has 2 fully saturated rings. The fourth-order valence-corrected chi connectivity index (χ4v) is 3.45. The first-order valence-corrected chi connectivity index (χ1v) is 6.87. The molecule has 0 spiro atoms. The number of piperidine rings is 1. The molecule has 0 radical (unpaired) electrons. The van der Waals surface area contributed by atoms with Crippen LogP contribution in [0.2, 0.25) is 0 Å². The van der Waals surface area contributed by atoms with Crippen molar-refractivity contribution in [1.29, 1.82) is 0 Å². The molecule has 0 aliphatic carbocycles. The number of phenolic OH excluding ortho intramolecular Hbond substituents is 1. The van der Waals surface area contributed by atoms with Crippen LogP contribution in [0.5, 0.6) is 5.75 Å². The van der Waals surface area contributed by atoms with Gasteiger partial charge >= 0.3 is 0 Å². The van der Waals surface area contributed by atoms with Crippen molar-refractivity contribution in [2.45, 2.75) is 50.8 Å². The largest absolute Gasteiger partial charge is 0.507 e. The van der Waals surface area contributed by atoms with Gasteiger partial charge < -0.3 is 15.1 Å². The number of aliphatic hydroxyl groups is 1. The first-order chi connectivity index (χ1) is 9.08. The Morgan fingerprint density at radius 1 is 1.26 bits per heavy atom. The molecule has 2 N–H and O–H groups in total. The van der Waals surface area contributed by atoms with Gasteiger partial charge in [0.25, 0.3) is 5.91 Å². The van der Waals surface area contributed by atoms with Gasteiger partial charge in [-0.05, 0) is 44.2 Å². The number of amides is 1. The van der Waals surface area contributed by atoms with Crippen LogP contribution in [0.25, 0.3) is 0 Å². The Hall–Kier alpha value is -1.55. The molecule has 2 bridgehead atoms. The number of hydrogen-bond donors (Lipinski definition) is 2. The Balaban J connectivity index is 1.91. The number of hydrogen-bond acceptors (Lipinski definition) is 3. The van der Waals surface area contributed by atoms with E-state index in [-0.39, 0.29) is 29.8 Å². The van der Waals surface area contributed by atoms with Crippen LogP contribution in [0.1, 0.15) is 41.6 Å². The number of fused-ring (bicyclic) bond motifs is 2. The molecule has 2 atom stereocenters. The summed E-state index contributed by atoms with van der Waals surface area (Å²) in [7, 11) is 0. The van der Waals surface area contributed by atoms with Crippen LogP contribution in [-0.4, -0.2) is 39.2 Å². The maximum Gasteiger partial charge on any atom is 0.258 e. The lowest BCUT2D eigenvalue weighted by molar-refractivity contribution is 0.0285. The highest BCUT2D eigenvalue weighted by molar-refractivity contribution is 5.97. The van der Waals surface area contributed by atoms with Gasteiger partial charge in [0.1, 0.15) is 5.75 Å². The Kier molecular flexibility index (Phi) is 2.97. The Labute approximate surface area is 112 Å². The molecule has 102 valence electrons. The summed E-state index contributed by atoms with van der Waals surface area (Å²) in [5.41, 5.74) is 1.10. The monoisotopic (exact) mass is 261 g/mol. The summed E-state index contributed by atoms with van der Waals surface area (Å²) < 4.78 is 0. The van der Waals surface area contributed by atoms with Crippen molar-refractivity contribution in [3.63, 3.8) is 0 Å². The number of carbonyl (C=O) groups excluding carboxylic acids is 1. The summed E-state index contributed by atoms with van der Waals surface area (Å²) in [4.78, 5) is 14.5. The Bertz CT molecular complexity index is 500. The Morgan fingerprint density at radius 2 is 1.89 bits per heavy atom. The average Bonchev–Trinajstić information content (AvgIpc) is 2.64. The smallest absolute Gasteiger partial charge is 0.258 e. The van der Waals surface area contributed by atoms with E-state index in [1.54, 1.807) is 25.1 Å². The van der Waals surface area contributed by atoms with Crippen molar-refractivity contribution < 1.29 is 15.0 Å². The summed E-state index contributed by atoms with van der Waals surface area (Å²) in [5, 5.41) is 19.8. The van der Waals surface area contributed by atoms with E-state index in [1.807, 2.05) is 4.90 Å². The second-order valence-electron chi connectivity index (χ2n) is 5.69. The van der Waals surface area contributed by atoms with E-state index < -0.39 is 0 Å². The first-order valence-electron chi connectivity index (χ1n) is 6.87. The normalized spacial score (nSPS) is 29.6. The topological polar surface area (TPSA) is 60.8 Å². The highest BCUT2D eigenvalue weighted by atomic mass is 16.3. The number of carbonyl (C=O) groups is 1. The number of rotatable bonds is 1. The minimum Gasteiger partial charge on any atom is -0.507 e. The summed E-state index contributed by atoms with van der Waals surface area (Å²) in [6.45, 7) is 1.79. The van der Waals surface area contributed by atoms with Crippen molar-refractivity contribution in [2.75, 3.05) is 0 Å². The van der Waals surface area contributed by atoms with Crippen molar-refractivity contribution in [2.24, 2.45) is 0 Å². The second-order valence-corrected chi connectivity index (χ2v) is 5.69. The van der Waals surface area contributed by atoms with Gasteiger partial charge in [-0.15, -0.1) is 0 Å². The molecule has 2 unspecified atom stereocenters. The van der Waals surface area contributed by atoms with Gasteiger partial charge in [0.15, 0.2) is 0 Å². The minimum absolute atomic E-state index is 0.0815. The number of benzene rings is 1. The number of para-hydroxylation sites is 1. The van der Waals surface area contributed by atoms with Gasteiger partial charge in [-0.1, -0.05) is 12.1 Å². The zero-order valence-corrected chi connectivity index (χ0v) is 11.0. The van der Waals surface area contributed by atoms with E-state index in [9.17, 15) is 15.0 Å². The number of aliphatic hydroxyl groups excluding tert-OH is 1. The first kappa shape index (κ1) is 12.5. The fraction of sp³-hybridized carbons (Fsp3) is 0.533. The summed E-state index contributed by atoms with van der Waals surface area (Å²) >= 11 is 0. The van der Waals surface area contributed by atoms with E-state index in [0.717, 1.165) is 18.4 Å². The number of phenols is 1. The predicted molar refractivity (Wildman–Crippen MR) is 71.1 cm³/mol. The molecule has 3 rings (SSSR count). The number of nitrogens with zero attached hydrogens (tertiary/aromatic N) is 1. The molecule has 1 aromatic carbocycles. The highest BCUT2D eigenvalue weighted by Crippen LogP contribution is 2.38. The third-order valence-electron chi connectivity index (χ3n) is 4.41. The standard InChI is InChI=1S/C15H19NO3/c1-9-3-2-4-13(14(9)18)15(19)16-10-5-6-11(16)8-12(17)7-10/h2-4,10-12,17-18H,5-8H2,1H3. The maximum atomic E-state index is 12.6. The molecule has 4 nitrogen and oxygen atoms in total.